The van der Waals surface area contributed by atoms with E-state index in [1.165, 1.54) is 0 Å². The largest absolute Gasteiger partial charge is 0.394 e. The maximum atomic E-state index is 9.47. The summed E-state index contributed by atoms with van der Waals surface area (Å²) in [5.74, 6) is 0.947. The van der Waals surface area contributed by atoms with E-state index < -0.39 is 0 Å². The van der Waals surface area contributed by atoms with Crippen LogP contribution in [0.3, 0.4) is 0 Å². The van der Waals surface area contributed by atoms with E-state index in [9.17, 15) is 5.11 Å². The molecule has 1 aromatic heterocycles. The van der Waals surface area contributed by atoms with Gasteiger partial charge in [0.15, 0.2) is 0 Å². The number of fused-ring (bicyclic) bond motifs is 1. The minimum Gasteiger partial charge on any atom is -0.394 e. The molecule has 5 heteroatoms. The van der Waals surface area contributed by atoms with Gasteiger partial charge in [-0.1, -0.05) is 31.4 Å². The van der Waals surface area contributed by atoms with Gasteiger partial charge in [0.05, 0.1) is 18.2 Å². The van der Waals surface area contributed by atoms with Crippen molar-refractivity contribution in [2.24, 2.45) is 0 Å². The monoisotopic (exact) mass is 274 g/mol. The third kappa shape index (κ3) is 3.36. The first-order valence-corrected chi connectivity index (χ1v) is 7.05. The number of hydrogen-bond donors (Lipinski definition) is 3. The number of hydrogen-bond acceptors (Lipinski definition) is 5. The number of aliphatic hydroxyl groups is 1. The highest BCUT2D eigenvalue weighted by Gasteiger charge is 2.12. The number of nitrogens with two attached hydrogens (primary N) is 1. The van der Waals surface area contributed by atoms with Gasteiger partial charge < -0.3 is 16.2 Å². The van der Waals surface area contributed by atoms with Crippen molar-refractivity contribution in [2.45, 2.75) is 39.2 Å². The molecule has 0 amide bonds. The van der Waals surface area contributed by atoms with Gasteiger partial charge in [-0.3, -0.25) is 0 Å². The zero-order chi connectivity index (χ0) is 14.5. The summed E-state index contributed by atoms with van der Waals surface area (Å²) in [5, 5.41) is 13.7. The van der Waals surface area contributed by atoms with Gasteiger partial charge in [0.25, 0.3) is 0 Å². The Morgan fingerprint density at radius 3 is 2.85 bits per heavy atom. The van der Waals surface area contributed by atoms with Gasteiger partial charge in [0.2, 0.25) is 5.95 Å². The molecule has 4 N–H and O–H groups in total. The minimum atomic E-state index is -0.00652. The number of rotatable bonds is 6. The summed E-state index contributed by atoms with van der Waals surface area (Å²) in [7, 11) is 0. The molecule has 5 nitrogen and oxygen atoms in total. The van der Waals surface area contributed by atoms with E-state index >= 15 is 0 Å². The lowest BCUT2D eigenvalue weighted by Gasteiger charge is -2.18. The first-order chi connectivity index (χ1) is 9.63. The van der Waals surface area contributed by atoms with Gasteiger partial charge in [0, 0.05) is 5.39 Å². The Balaban J connectivity index is 2.34. The highest BCUT2D eigenvalue weighted by Crippen LogP contribution is 2.23. The van der Waals surface area contributed by atoms with Crippen LogP contribution in [-0.4, -0.2) is 27.7 Å². The van der Waals surface area contributed by atoms with Crippen molar-refractivity contribution in [3.05, 3.63) is 23.8 Å². The molecule has 0 spiro atoms. The van der Waals surface area contributed by atoms with Crippen molar-refractivity contribution in [2.75, 3.05) is 17.7 Å². The predicted octanol–water partition coefficient (Wildman–Crippen LogP) is 2.48. The van der Waals surface area contributed by atoms with Crippen LogP contribution >= 0.6 is 0 Å². The molecule has 0 saturated heterocycles. The van der Waals surface area contributed by atoms with Crippen LogP contribution in [0.2, 0.25) is 0 Å². The fourth-order valence-electron chi connectivity index (χ4n) is 2.22. The molecule has 1 heterocycles. The second kappa shape index (κ2) is 6.52. The van der Waals surface area contributed by atoms with Crippen LogP contribution in [0.25, 0.3) is 10.9 Å². The van der Waals surface area contributed by atoms with E-state index in [-0.39, 0.29) is 18.6 Å². The molecular weight excluding hydrogens is 252 g/mol. The second-order valence-electron chi connectivity index (χ2n) is 5.12. The van der Waals surface area contributed by atoms with Crippen molar-refractivity contribution in [1.29, 1.82) is 0 Å². The Labute approximate surface area is 119 Å². The third-order valence-electron chi connectivity index (χ3n) is 3.34. The van der Waals surface area contributed by atoms with Crippen molar-refractivity contribution in [3.8, 4) is 0 Å². The standard InChI is InChI=1S/C15H22N4O/c1-3-4-5-11(9-20)17-14-12-8-10(2)6-7-13(12)18-15(16)19-14/h6-8,11,20H,3-5,9H2,1-2H3,(H3,16,17,18,19)/t11-/m1/s1. The smallest absolute Gasteiger partial charge is 0.222 e. The summed E-state index contributed by atoms with van der Waals surface area (Å²) in [5.41, 5.74) is 7.71. The summed E-state index contributed by atoms with van der Waals surface area (Å²) in [6.07, 6.45) is 3.07. The number of aliphatic hydroxyl groups excluding tert-OH is 1. The lowest BCUT2D eigenvalue weighted by molar-refractivity contribution is 0.267. The van der Waals surface area contributed by atoms with Gasteiger partial charge in [-0.05, 0) is 25.5 Å². The number of unbranched alkanes of at least 4 members (excludes halogenated alkanes) is 1. The molecule has 2 rings (SSSR count). The molecule has 0 bridgehead atoms. The van der Waals surface area contributed by atoms with Crippen LogP contribution in [0.5, 0.6) is 0 Å². The summed E-state index contributed by atoms with van der Waals surface area (Å²) in [4.78, 5) is 8.52. The lowest BCUT2D eigenvalue weighted by atomic mass is 10.1. The average Bonchev–Trinajstić information content (AvgIpc) is 2.43. The van der Waals surface area contributed by atoms with Gasteiger partial charge in [-0.25, -0.2) is 4.98 Å². The second-order valence-corrected chi connectivity index (χ2v) is 5.12. The van der Waals surface area contributed by atoms with E-state index in [1.54, 1.807) is 0 Å². The molecule has 1 aromatic carbocycles. The normalized spacial score (nSPS) is 12.6. The number of nitrogens with zero attached hydrogens (tertiary/aromatic N) is 2. The fourth-order valence-corrected chi connectivity index (χ4v) is 2.22. The number of benzene rings is 1. The number of nitrogen functional groups attached to an aromatic ring is 1. The zero-order valence-corrected chi connectivity index (χ0v) is 12.1. The Morgan fingerprint density at radius 2 is 2.15 bits per heavy atom. The lowest BCUT2D eigenvalue weighted by Crippen LogP contribution is -2.24. The van der Waals surface area contributed by atoms with Crippen molar-refractivity contribution in [1.82, 2.24) is 9.97 Å². The molecule has 0 aliphatic carbocycles. The average molecular weight is 274 g/mol. The number of anilines is 2. The molecule has 0 radical (unpaired) electrons. The number of aromatic nitrogens is 2. The van der Waals surface area contributed by atoms with Crippen molar-refractivity contribution >= 4 is 22.7 Å². The van der Waals surface area contributed by atoms with Crippen LogP contribution < -0.4 is 11.1 Å². The molecule has 108 valence electrons. The number of nitrogens with one attached hydrogen (secondary N) is 1. The van der Waals surface area contributed by atoms with E-state index in [0.29, 0.717) is 5.82 Å². The Kier molecular flexibility index (Phi) is 4.74. The van der Waals surface area contributed by atoms with Gasteiger partial charge in [0.1, 0.15) is 5.82 Å². The summed E-state index contributed by atoms with van der Waals surface area (Å²) < 4.78 is 0. The highest BCUT2D eigenvalue weighted by molar-refractivity contribution is 5.90. The predicted molar refractivity (Wildman–Crippen MR) is 82.7 cm³/mol. The maximum Gasteiger partial charge on any atom is 0.222 e. The zero-order valence-electron chi connectivity index (χ0n) is 12.1. The first-order valence-electron chi connectivity index (χ1n) is 7.05. The van der Waals surface area contributed by atoms with Gasteiger partial charge in [-0.15, -0.1) is 0 Å². The Bertz CT molecular complexity index is 585. The molecule has 1 atom stereocenters. The van der Waals surface area contributed by atoms with Crippen molar-refractivity contribution in [3.63, 3.8) is 0 Å². The summed E-state index contributed by atoms with van der Waals surface area (Å²) in [6.45, 7) is 4.24. The Hall–Kier alpha value is -1.88. The van der Waals surface area contributed by atoms with Crippen LogP contribution in [0.4, 0.5) is 11.8 Å². The quantitative estimate of drug-likeness (QED) is 0.753. The van der Waals surface area contributed by atoms with Crippen LogP contribution in [0.1, 0.15) is 31.7 Å². The van der Waals surface area contributed by atoms with Crippen molar-refractivity contribution < 1.29 is 5.11 Å². The van der Waals surface area contributed by atoms with Gasteiger partial charge >= 0.3 is 0 Å². The molecule has 0 saturated carbocycles. The van der Waals surface area contributed by atoms with E-state index in [4.69, 9.17) is 5.73 Å². The maximum absolute atomic E-state index is 9.47. The highest BCUT2D eigenvalue weighted by atomic mass is 16.3. The first kappa shape index (κ1) is 14.5. The molecule has 0 aliphatic rings. The fraction of sp³-hybridized carbons (Fsp3) is 0.467. The third-order valence-corrected chi connectivity index (χ3v) is 3.34. The summed E-state index contributed by atoms with van der Waals surface area (Å²) >= 11 is 0. The molecule has 20 heavy (non-hydrogen) atoms. The van der Waals surface area contributed by atoms with E-state index in [1.807, 2.05) is 25.1 Å². The minimum absolute atomic E-state index is 0.00652. The molecular formula is C15H22N4O. The van der Waals surface area contributed by atoms with E-state index in [2.05, 4.69) is 22.2 Å². The summed E-state index contributed by atoms with van der Waals surface area (Å²) in [6, 6.07) is 5.96. The topological polar surface area (TPSA) is 84.1 Å². The molecule has 0 aliphatic heterocycles. The molecule has 2 aromatic rings. The molecule has 0 fully saturated rings. The van der Waals surface area contributed by atoms with Crippen LogP contribution in [0.15, 0.2) is 18.2 Å². The van der Waals surface area contributed by atoms with E-state index in [0.717, 1.165) is 35.7 Å². The number of aryl methyl sites for hydroxylation is 1. The SMILES string of the molecule is CCCC[C@H](CO)Nc1nc(N)nc2ccc(C)cc12. The van der Waals surface area contributed by atoms with Crippen LogP contribution in [-0.2, 0) is 0 Å². The van der Waals surface area contributed by atoms with Gasteiger partial charge in [-0.2, -0.15) is 4.98 Å². The Morgan fingerprint density at radius 1 is 1.35 bits per heavy atom. The van der Waals surface area contributed by atoms with Crippen LogP contribution in [0, 0.1) is 6.92 Å². The molecule has 0 unspecified atom stereocenters.